The van der Waals surface area contributed by atoms with Gasteiger partial charge in [-0.25, -0.2) is 0 Å². The first-order chi connectivity index (χ1) is 7.77. The molecule has 1 aromatic carbocycles. The molecular formula is C12H11N3S. The molecule has 3 N–H and O–H groups in total. The van der Waals surface area contributed by atoms with Crippen LogP contribution in [0.15, 0.2) is 30.5 Å². The highest BCUT2D eigenvalue weighted by Gasteiger charge is 2.07. The zero-order valence-corrected chi connectivity index (χ0v) is 9.61. The van der Waals surface area contributed by atoms with Crippen molar-refractivity contribution >= 4 is 33.3 Å². The van der Waals surface area contributed by atoms with Crippen molar-refractivity contribution in [3.63, 3.8) is 0 Å². The summed E-state index contributed by atoms with van der Waals surface area (Å²) in [6, 6.07) is 8.01. The van der Waals surface area contributed by atoms with E-state index in [0.29, 0.717) is 5.36 Å². The van der Waals surface area contributed by atoms with Crippen molar-refractivity contribution in [2.24, 2.45) is 0 Å². The lowest BCUT2D eigenvalue weighted by atomic mass is 10.3. The topological polar surface area (TPSA) is 55.4 Å². The number of hydrogen-bond acceptors (Lipinski definition) is 2. The van der Waals surface area contributed by atoms with Crippen LogP contribution in [-0.2, 0) is 0 Å². The summed E-state index contributed by atoms with van der Waals surface area (Å²) in [7, 11) is 0. The second-order valence-electron chi connectivity index (χ2n) is 3.77. The molecular weight excluding hydrogens is 218 g/mol. The lowest BCUT2D eigenvalue weighted by molar-refractivity contribution is 1.31. The molecule has 0 aliphatic rings. The molecule has 0 bridgehead atoms. The molecule has 0 radical (unpaired) electrons. The largest absolute Gasteiger partial charge is 0.359 e. The molecule has 0 aliphatic carbocycles. The van der Waals surface area contributed by atoms with Crippen molar-refractivity contribution in [1.29, 1.82) is 5.41 Å². The van der Waals surface area contributed by atoms with Crippen molar-refractivity contribution in [3.8, 4) is 0 Å². The summed E-state index contributed by atoms with van der Waals surface area (Å²) in [5, 5.41) is 10.8. The van der Waals surface area contributed by atoms with E-state index in [1.165, 1.54) is 4.88 Å². The molecule has 2 heterocycles. The fraction of sp³-hybridized carbons (Fsp3) is 0.0833. The smallest absolute Gasteiger partial charge is 0.0875 e. The molecule has 16 heavy (non-hydrogen) atoms. The molecule has 0 amide bonds. The molecule has 0 aliphatic heterocycles. The van der Waals surface area contributed by atoms with Crippen LogP contribution >= 0.6 is 11.5 Å². The van der Waals surface area contributed by atoms with E-state index in [0.717, 1.165) is 21.8 Å². The summed E-state index contributed by atoms with van der Waals surface area (Å²) in [5.41, 5.74) is 1.93. The van der Waals surface area contributed by atoms with Crippen LogP contribution in [-0.4, -0.2) is 9.36 Å². The average molecular weight is 229 g/mol. The van der Waals surface area contributed by atoms with Gasteiger partial charge in [-0.2, -0.15) is 0 Å². The minimum Gasteiger partial charge on any atom is -0.359 e. The van der Waals surface area contributed by atoms with Gasteiger partial charge in [0.1, 0.15) is 0 Å². The van der Waals surface area contributed by atoms with E-state index >= 15 is 0 Å². The quantitative estimate of drug-likeness (QED) is 0.530. The summed E-state index contributed by atoms with van der Waals surface area (Å²) in [6.45, 7) is 2.04. The fourth-order valence-electron chi connectivity index (χ4n) is 1.94. The molecule has 0 saturated heterocycles. The van der Waals surface area contributed by atoms with Gasteiger partial charge in [0.05, 0.1) is 16.4 Å². The molecule has 3 nitrogen and oxygen atoms in total. The molecule has 0 saturated carbocycles. The van der Waals surface area contributed by atoms with Crippen molar-refractivity contribution in [2.75, 3.05) is 0 Å². The third-order valence-electron chi connectivity index (χ3n) is 2.69. The van der Waals surface area contributed by atoms with Crippen LogP contribution in [0.3, 0.4) is 0 Å². The maximum absolute atomic E-state index is 8.15. The second-order valence-corrected chi connectivity index (χ2v) is 4.83. The van der Waals surface area contributed by atoms with Gasteiger partial charge in [0.2, 0.25) is 0 Å². The highest BCUT2D eigenvalue weighted by molar-refractivity contribution is 7.05. The van der Waals surface area contributed by atoms with E-state index in [1.54, 1.807) is 11.5 Å². The van der Waals surface area contributed by atoms with Crippen LogP contribution in [0, 0.1) is 12.3 Å². The highest BCUT2D eigenvalue weighted by atomic mass is 32.1. The first-order valence-corrected chi connectivity index (χ1v) is 5.88. The van der Waals surface area contributed by atoms with E-state index in [9.17, 15) is 0 Å². The molecule has 0 fully saturated rings. The Hall–Kier alpha value is -1.81. The normalized spacial score (nSPS) is 11.1. The Morgan fingerprint density at radius 3 is 2.94 bits per heavy atom. The fourth-order valence-corrected chi connectivity index (χ4v) is 2.60. The number of aryl methyl sites for hydroxylation is 1. The van der Waals surface area contributed by atoms with E-state index in [2.05, 4.69) is 15.4 Å². The van der Waals surface area contributed by atoms with Gasteiger partial charge in [-0.05, 0) is 19.1 Å². The van der Waals surface area contributed by atoms with Crippen molar-refractivity contribution in [1.82, 2.24) is 9.36 Å². The van der Waals surface area contributed by atoms with Crippen molar-refractivity contribution in [3.05, 3.63) is 40.7 Å². The minimum atomic E-state index is 0.563. The zero-order valence-electron chi connectivity index (χ0n) is 8.79. The summed E-state index contributed by atoms with van der Waals surface area (Å²) < 4.78 is 3.30. The van der Waals surface area contributed by atoms with Crippen LogP contribution < -0.4 is 5.36 Å². The van der Waals surface area contributed by atoms with E-state index in [-0.39, 0.29) is 0 Å². The molecule has 80 valence electrons. The predicted octanol–water partition coefficient (Wildman–Crippen LogP) is 3.06. The zero-order chi connectivity index (χ0) is 11.1. The summed E-state index contributed by atoms with van der Waals surface area (Å²) in [6.07, 6.45) is 1.86. The number of aromatic amines is 2. The lowest BCUT2D eigenvalue weighted by Gasteiger charge is -1.92. The second kappa shape index (κ2) is 3.35. The standard InChI is InChI=1S/C12H11N3S/c1-7-6-9-10(13)12-8(11(9)15-16-7)4-2-3-5-14-12/h2-6,13-15H,1H3. The third-order valence-corrected chi connectivity index (χ3v) is 3.43. The number of H-pyrrole nitrogens is 2. The molecule has 3 aromatic rings. The molecule has 3 rings (SSSR count). The average Bonchev–Trinajstić information content (AvgIpc) is 2.47. The number of nitrogens with one attached hydrogen (secondary N) is 3. The first kappa shape index (κ1) is 9.42. The summed E-state index contributed by atoms with van der Waals surface area (Å²) in [4.78, 5) is 4.34. The number of rotatable bonds is 0. The lowest BCUT2D eigenvalue weighted by Crippen LogP contribution is -1.95. The van der Waals surface area contributed by atoms with Gasteiger partial charge >= 0.3 is 0 Å². The summed E-state index contributed by atoms with van der Waals surface area (Å²) in [5.74, 6) is 0. The Labute approximate surface area is 96.1 Å². The SMILES string of the molecule is Cc1cc2c(=N)c3[nH]ccccc3c2[nH]s1. The van der Waals surface area contributed by atoms with Crippen LogP contribution in [0.4, 0.5) is 0 Å². The van der Waals surface area contributed by atoms with Gasteiger partial charge in [-0.3, -0.25) is 5.41 Å². The monoisotopic (exact) mass is 229 g/mol. The number of fused-ring (bicyclic) bond motifs is 3. The molecule has 0 spiro atoms. The van der Waals surface area contributed by atoms with E-state index < -0.39 is 0 Å². The Bertz CT molecular complexity index is 746. The van der Waals surface area contributed by atoms with Gasteiger partial charge in [-0.15, -0.1) is 0 Å². The Morgan fingerprint density at radius 2 is 2.06 bits per heavy atom. The number of hydrogen-bond donors (Lipinski definition) is 3. The summed E-state index contributed by atoms with van der Waals surface area (Å²) >= 11 is 1.60. The Kier molecular flexibility index (Phi) is 1.97. The molecule has 2 aromatic heterocycles. The Balaban J connectivity index is 2.68. The van der Waals surface area contributed by atoms with Gasteiger partial charge < -0.3 is 9.36 Å². The minimum absolute atomic E-state index is 0.563. The maximum atomic E-state index is 8.15. The van der Waals surface area contributed by atoms with Gasteiger partial charge in [0.15, 0.2) is 0 Å². The third kappa shape index (κ3) is 1.23. The van der Waals surface area contributed by atoms with Gasteiger partial charge in [0.25, 0.3) is 0 Å². The maximum Gasteiger partial charge on any atom is 0.0875 e. The van der Waals surface area contributed by atoms with Crippen LogP contribution in [0.1, 0.15) is 4.88 Å². The molecule has 0 unspecified atom stereocenters. The van der Waals surface area contributed by atoms with Gasteiger partial charge in [0, 0.05) is 21.8 Å². The van der Waals surface area contributed by atoms with E-state index in [4.69, 9.17) is 5.41 Å². The Morgan fingerprint density at radius 1 is 1.19 bits per heavy atom. The predicted molar refractivity (Wildman–Crippen MR) is 67.4 cm³/mol. The first-order valence-electron chi connectivity index (χ1n) is 5.06. The van der Waals surface area contributed by atoms with Crippen LogP contribution in [0.25, 0.3) is 21.8 Å². The highest BCUT2D eigenvalue weighted by Crippen LogP contribution is 2.21. The van der Waals surface area contributed by atoms with Crippen molar-refractivity contribution in [2.45, 2.75) is 6.92 Å². The van der Waals surface area contributed by atoms with E-state index in [1.807, 2.05) is 31.3 Å². The van der Waals surface area contributed by atoms with Crippen LogP contribution in [0.2, 0.25) is 0 Å². The molecule has 4 heteroatoms. The van der Waals surface area contributed by atoms with Gasteiger partial charge in [-0.1, -0.05) is 23.7 Å². The van der Waals surface area contributed by atoms with Crippen molar-refractivity contribution < 1.29 is 0 Å². The number of aromatic nitrogens is 2. The molecule has 0 atom stereocenters. The van der Waals surface area contributed by atoms with Crippen LogP contribution in [0.5, 0.6) is 0 Å².